The molecule has 0 bridgehead atoms. The lowest BCUT2D eigenvalue weighted by molar-refractivity contribution is -0.0833. The van der Waals surface area contributed by atoms with Crippen molar-refractivity contribution in [3.63, 3.8) is 0 Å². The molecular weight excluding hydrogens is 286 g/mol. The average molecular weight is 302 g/mol. The van der Waals surface area contributed by atoms with Crippen molar-refractivity contribution in [3.05, 3.63) is 34.3 Å². The molecule has 1 atom stereocenters. The normalized spacial score (nSPS) is 13.5. The molecule has 1 unspecified atom stereocenters. The predicted octanol–water partition coefficient (Wildman–Crippen LogP) is 2.20. The van der Waals surface area contributed by atoms with Crippen LogP contribution in [0.1, 0.15) is 12.5 Å². The lowest BCUT2D eigenvalue weighted by Gasteiger charge is -2.16. The number of aliphatic imine (C=N–C) groups is 1. The number of hydrogen-bond acceptors (Lipinski definition) is 4. The minimum atomic E-state index is -0.445. The van der Waals surface area contributed by atoms with Gasteiger partial charge in [-0.25, -0.2) is 0 Å². The molecule has 0 spiro atoms. The van der Waals surface area contributed by atoms with Crippen molar-refractivity contribution in [2.45, 2.75) is 13.2 Å². The molecule has 0 aromatic heterocycles. The fraction of sp³-hybridized carbons (Fsp3) is 0.417. The van der Waals surface area contributed by atoms with Crippen molar-refractivity contribution in [3.8, 4) is 0 Å². The van der Waals surface area contributed by atoms with Gasteiger partial charge in [0.1, 0.15) is 0 Å². The van der Waals surface area contributed by atoms with Crippen LogP contribution in [-0.4, -0.2) is 37.6 Å². The minimum Gasteiger partial charge on any atom is -0.448 e. The van der Waals surface area contributed by atoms with E-state index in [0.29, 0.717) is 5.90 Å². The highest BCUT2D eigenvalue weighted by Gasteiger charge is 2.09. The van der Waals surface area contributed by atoms with E-state index < -0.39 is 6.29 Å². The molecule has 0 aliphatic carbocycles. The van der Waals surface area contributed by atoms with Crippen LogP contribution >= 0.6 is 15.9 Å². The number of benzene rings is 1. The maximum atomic E-state index is 8.64. The number of nitrogens with zero attached hydrogens (tertiary/aromatic N) is 1. The first-order chi connectivity index (χ1) is 8.17. The van der Waals surface area contributed by atoms with Gasteiger partial charge in [0, 0.05) is 17.1 Å². The molecule has 94 valence electrons. The van der Waals surface area contributed by atoms with Crippen LogP contribution in [0.25, 0.3) is 0 Å². The molecule has 0 aliphatic heterocycles. The number of aliphatic hydroxyl groups is 1. The van der Waals surface area contributed by atoms with E-state index in [0.717, 1.165) is 10.0 Å². The van der Waals surface area contributed by atoms with Crippen LogP contribution in [0.3, 0.4) is 0 Å². The molecule has 0 aliphatic rings. The van der Waals surface area contributed by atoms with E-state index in [-0.39, 0.29) is 13.2 Å². The number of halogens is 1. The molecule has 1 aromatic carbocycles. The number of aliphatic hydroxyl groups excluding tert-OH is 1. The third-order valence-corrected chi connectivity index (χ3v) is 2.49. The maximum Gasteiger partial charge on any atom is 0.218 e. The van der Waals surface area contributed by atoms with E-state index in [9.17, 15) is 0 Å². The van der Waals surface area contributed by atoms with E-state index in [4.69, 9.17) is 14.6 Å². The molecule has 0 heterocycles. The molecule has 0 saturated carbocycles. The Morgan fingerprint density at radius 2 is 2.29 bits per heavy atom. The zero-order valence-corrected chi connectivity index (χ0v) is 11.5. The lowest BCUT2D eigenvalue weighted by Crippen LogP contribution is -2.20. The Balaban J connectivity index is 2.66. The lowest BCUT2D eigenvalue weighted by atomic mass is 10.2. The minimum absolute atomic E-state index is 0.0246. The van der Waals surface area contributed by atoms with Gasteiger partial charge in [-0.05, 0) is 25.1 Å². The monoisotopic (exact) mass is 301 g/mol. The van der Waals surface area contributed by atoms with E-state index in [1.165, 1.54) is 0 Å². The molecule has 1 N–H and O–H groups in total. The summed E-state index contributed by atoms with van der Waals surface area (Å²) in [7, 11) is 1.66. The summed E-state index contributed by atoms with van der Waals surface area (Å²) >= 11 is 3.39. The van der Waals surface area contributed by atoms with Crippen molar-refractivity contribution >= 4 is 21.8 Å². The third kappa shape index (κ3) is 4.85. The van der Waals surface area contributed by atoms with Crippen molar-refractivity contribution in [2.24, 2.45) is 4.99 Å². The summed E-state index contributed by atoms with van der Waals surface area (Å²) in [6.45, 7) is 1.98. The maximum absolute atomic E-state index is 8.64. The summed E-state index contributed by atoms with van der Waals surface area (Å²) in [5.74, 6) is 0.511. The summed E-state index contributed by atoms with van der Waals surface area (Å²) in [5, 5.41) is 8.64. The second kappa shape index (κ2) is 7.42. The molecule has 0 saturated heterocycles. The van der Waals surface area contributed by atoms with Crippen LogP contribution in [0.4, 0.5) is 0 Å². The van der Waals surface area contributed by atoms with Gasteiger partial charge in [-0.15, -0.1) is 0 Å². The first-order valence-corrected chi connectivity index (χ1v) is 6.08. The van der Waals surface area contributed by atoms with Crippen LogP contribution in [0.5, 0.6) is 0 Å². The van der Waals surface area contributed by atoms with Crippen molar-refractivity contribution in [2.75, 3.05) is 20.3 Å². The van der Waals surface area contributed by atoms with Crippen LogP contribution in [0.2, 0.25) is 0 Å². The Labute approximate surface area is 109 Å². The molecule has 1 rings (SSSR count). The van der Waals surface area contributed by atoms with Crippen LogP contribution in [0, 0.1) is 0 Å². The Bertz CT molecular complexity index is 382. The van der Waals surface area contributed by atoms with Crippen molar-refractivity contribution in [1.29, 1.82) is 0 Å². The first kappa shape index (κ1) is 14.2. The third-order valence-electron chi connectivity index (χ3n) is 2.00. The van der Waals surface area contributed by atoms with Gasteiger partial charge in [-0.2, -0.15) is 0 Å². The SMILES string of the molecule is C/N=C(\OC(C)OCCO)c1cccc(Br)c1. The second-order valence-electron chi connectivity index (χ2n) is 3.32. The van der Waals surface area contributed by atoms with Gasteiger partial charge in [0.2, 0.25) is 5.90 Å². The van der Waals surface area contributed by atoms with Gasteiger partial charge in [-0.1, -0.05) is 22.0 Å². The second-order valence-corrected chi connectivity index (χ2v) is 4.23. The number of rotatable bonds is 5. The van der Waals surface area contributed by atoms with E-state index in [2.05, 4.69) is 20.9 Å². The predicted molar refractivity (Wildman–Crippen MR) is 70.2 cm³/mol. The summed E-state index contributed by atoms with van der Waals surface area (Å²) < 4.78 is 11.7. The Morgan fingerprint density at radius 3 is 2.88 bits per heavy atom. The van der Waals surface area contributed by atoms with Crippen molar-refractivity contribution < 1.29 is 14.6 Å². The highest BCUT2D eigenvalue weighted by atomic mass is 79.9. The molecule has 4 nitrogen and oxygen atoms in total. The van der Waals surface area contributed by atoms with Gasteiger partial charge in [0.25, 0.3) is 0 Å². The highest BCUT2D eigenvalue weighted by Crippen LogP contribution is 2.14. The number of hydrogen-bond donors (Lipinski definition) is 1. The zero-order valence-electron chi connectivity index (χ0n) is 9.89. The summed E-state index contributed by atoms with van der Waals surface area (Å²) in [5.41, 5.74) is 0.876. The van der Waals surface area contributed by atoms with Crippen LogP contribution < -0.4 is 0 Å². The smallest absolute Gasteiger partial charge is 0.218 e. The Hall–Kier alpha value is -0.910. The van der Waals surface area contributed by atoms with Crippen LogP contribution in [0.15, 0.2) is 33.7 Å². The topological polar surface area (TPSA) is 51.0 Å². The van der Waals surface area contributed by atoms with Gasteiger partial charge in [-0.3, -0.25) is 4.99 Å². The summed E-state index contributed by atoms with van der Waals surface area (Å²) in [4.78, 5) is 4.08. The Morgan fingerprint density at radius 1 is 1.53 bits per heavy atom. The first-order valence-electron chi connectivity index (χ1n) is 5.29. The summed E-state index contributed by atoms with van der Waals surface area (Å²) in [6.07, 6.45) is -0.445. The van der Waals surface area contributed by atoms with E-state index in [1.54, 1.807) is 14.0 Å². The zero-order chi connectivity index (χ0) is 12.7. The molecule has 1 aromatic rings. The van der Waals surface area contributed by atoms with Gasteiger partial charge < -0.3 is 14.6 Å². The fourth-order valence-corrected chi connectivity index (χ4v) is 1.68. The van der Waals surface area contributed by atoms with Crippen LogP contribution in [-0.2, 0) is 9.47 Å². The summed E-state index contributed by atoms with van der Waals surface area (Å²) in [6, 6.07) is 7.67. The van der Waals surface area contributed by atoms with Crippen molar-refractivity contribution in [1.82, 2.24) is 0 Å². The molecular formula is C12H16BrNO3. The molecule has 17 heavy (non-hydrogen) atoms. The molecule has 5 heteroatoms. The average Bonchev–Trinajstić information content (AvgIpc) is 2.33. The quantitative estimate of drug-likeness (QED) is 0.515. The van der Waals surface area contributed by atoms with Gasteiger partial charge >= 0.3 is 0 Å². The van der Waals surface area contributed by atoms with E-state index >= 15 is 0 Å². The van der Waals surface area contributed by atoms with Gasteiger partial charge in [0.15, 0.2) is 6.29 Å². The largest absolute Gasteiger partial charge is 0.448 e. The molecule has 0 amide bonds. The highest BCUT2D eigenvalue weighted by molar-refractivity contribution is 9.10. The number of ether oxygens (including phenoxy) is 2. The molecule has 0 radical (unpaired) electrons. The van der Waals surface area contributed by atoms with E-state index in [1.807, 2.05) is 24.3 Å². The Kier molecular flexibility index (Phi) is 6.18. The standard InChI is InChI=1S/C12H16BrNO3/c1-9(16-7-6-15)17-12(14-2)10-4-3-5-11(13)8-10/h3-5,8-9,15H,6-7H2,1-2H3/b14-12-. The fourth-order valence-electron chi connectivity index (χ4n) is 1.28. The molecule has 0 fully saturated rings. The van der Waals surface area contributed by atoms with Gasteiger partial charge in [0.05, 0.1) is 13.2 Å².